The molecule has 0 spiro atoms. The highest BCUT2D eigenvalue weighted by Crippen LogP contribution is 2.36. The number of benzene rings is 1. The third kappa shape index (κ3) is 3.51. The van der Waals surface area contributed by atoms with Gasteiger partial charge >= 0.3 is 0 Å². The van der Waals surface area contributed by atoms with Gasteiger partial charge in [0, 0.05) is 11.6 Å². The minimum Gasteiger partial charge on any atom is -0.495 e. The second-order valence-corrected chi connectivity index (χ2v) is 5.25. The molecule has 0 amide bonds. The van der Waals surface area contributed by atoms with Gasteiger partial charge in [0.2, 0.25) is 0 Å². The molecular formula is C13H20ClNO2. The average molecular weight is 258 g/mol. The Morgan fingerprint density at radius 2 is 2.00 bits per heavy atom. The van der Waals surface area contributed by atoms with Crippen molar-refractivity contribution in [2.45, 2.75) is 33.3 Å². The van der Waals surface area contributed by atoms with Gasteiger partial charge in [-0.25, -0.2) is 0 Å². The maximum atomic E-state index is 9.72. The van der Waals surface area contributed by atoms with Crippen LogP contribution in [0.25, 0.3) is 0 Å². The van der Waals surface area contributed by atoms with Gasteiger partial charge in [0.15, 0.2) is 0 Å². The van der Waals surface area contributed by atoms with Gasteiger partial charge in [0.05, 0.1) is 18.4 Å². The number of aryl methyl sites for hydroxylation is 1. The van der Waals surface area contributed by atoms with Gasteiger partial charge in [-0.2, -0.15) is 0 Å². The van der Waals surface area contributed by atoms with Gasteiger partial charge < -0.3 is 15.2 Å². The third-order valence-electron chi connectivity index (χ3n) is 2.56. The van der Waals surface area contributed by atoms with E-state index in [9.17, 15) is 5.11 Å². The highest BCUT2D eigenvalue weighted by Gasteiger charge is 2.16. The Morgan fingerprint density at radius 1 is 1.41 bits per heavy atom. The van der Waals surface area contributed by atoms with Crippen LogP contribution in [0.1, 0.15) is 25.0 Å². The molecular weight excluding hydrogens is 238 g/mol. The minimum absolute atomic E-state index is 0.434. The molecule has 0 aliphatic carbocycles. The lowest BCUT2D eigenvalue weighted by Gasteiger charge is -2.22. The van der Waals surface area contributed by atoms with Crippen molar-refractivity contribution in [1.82, 2.24) is 0 Å². The summed E-state index contributed by atoms with van der Waals surface area (Å²) in [5.74, 6) is 0.744. The summed E-state index contributed by atoms with van der Waals surface area (Å²) < 4.78 is 5.32. The summed E-state index contributed by atoms with van der Waals surface area (Å²) >= 11 is 6.20. The molecule has 1 aromatic rings. The van der Waals surface area contributed by atoms with Crippen LogP contribution < -0.4 is 10.1 Å². The number of ether oxygens (including phenoxy) is 1. The molecule has 0 bridgehead atoms. The fourth-order valence-corrected chi connectivity index (χ4v) is 1.76. The van der Waals surface area contributed by atoms with Crippen LogP contribution in [0, 0.1) is 13.8 Å². The first kappa shape index (κ1) is 14.1. The predicted molar refractivity (Wildman–Crippen MR) is 72.3 cm³/mol. The van der Waals surface area contributed by atoms with Crippen LogP contribution in [0.3, 0.4) is 0 Å². The van der Waals surface area contributed by atoms with Gasteiger partial charge in [-0.05, 0) is 44.9 Å². The summed E-state index contributed by atoms with van der Waals surface area (Å²) in [5, 5.41) is 13.6. The molecule has 4 heteroatoms. The first-order valence-electron chi connectivity index (χ1n) is 5.56. The van der Waals surface area contributed by atoms with Gasteiger partial charge in [0.25, 0.3) is 0 Å². The lowest BCUT2D eigenvalue weighted by molar-refractivity contribution is 0.0944. The van der Waals surface area contributed by atoms with Crippen molar-refractivity contribution < 1.29 is 9.84 Å². The van der Waals surface area contributed by atoms with Crippen molar-refractivity contribution >= 4 is 17.3 Å². The normalized spacial score (nSPS) is 11.5. The molecule has 0 atom stereocenters. The Hall–Kier alpha value is -0.930. The SMILES string of the molecule is COc1cc(C)c(Cl)c(C)c1NCC(C)(C)O. The second kappa shape index (κ2) is 5.15. The fourth-order valence-electron chi connectivity index (χ4n) is 1.61. The molecule has 96 valence electrons. The molecule has 0 aromatic heterocycles. The summed E-state index contributed by atoms with van der Waals surface area (Å²) in [6, 6.07) is 1.89. The van der Waals surface area contributed by atoms with Gasteiger partial charge in [-0.3, -0.25) is 0 Å². The number of halogens is 1. The number of methoxy groups -OCH3 is 1. The Kier molecular flexibility index (Phi) is 4.28. The van der Waals surface area contributed by atoms with Gasteiger partial charge in [0.1, 0.15) is 5.75 Å². The summed E-state index contributed by atoms with van der Waals surface area (Å²) in [5.41, 5.74) is 1.97. The molecule has 0 saturated carbocycles. The topological polar surface area (TPSA) is 41.5 Å². The zero-order valence-corrected chi connectivity index (χ0v) is 11.8. The number of hydrogen-bond acceptors (Lipinski definition) is 3. The minimum atomic E-state index is -0.783. The van der Waals surface area contributed by atoms with Crippen LogP contribution in [-0.2, 0) is 0 Å². The monoisotopic (exact) mass is 257 g/mol. The van der Waals surface area contributed by atoms with Crippen LogP contribution in [0.5, 0.6) is 5.75 Å². The molecule has 0 aliphatic heterocycles. The van der Waals surface area contributed by atoms with Crippen molar-refractivity contribution in [3.05, 3.63) is 22.2 Å². The van der Waals surface area contributed by atoms with Crippen LogP contribution in [-0.4, -0.2) is 24.4 Å². The first-order valence-corrected chi connectivity index (χ1v) is 5.94. The van der Waals surface area contributed by atoms with Gasteiger partial charge in [-0.15, -0.1) is 0 Å². The summed E-state index contributed by atoms with van der Waals surface area (Å²) in [4.78, 5) is 0. The Bertz CT molecular complexity index is 411. The number of hydrogen-bond donors (Lipinski definition) is 2. The van der Waals surface area contributed by atoms with E-state index in [1.54, 1.807) is 21.0 Å². The van der Waals surface area contributed by atoms with Crippen molar-refractivity contribution in [3.63, 3.8) is 0 Å². The molecule has 0 aliphatic rings. The summed E-state index contributed by atoms with van der Waals surface area (Å²) in [6.07, 6.45) is 0. The maximum absolute atomic E-state index is 9.72. The lowest BCUT2D eigenvalue weighted by Crippen LogP contribution is -2.29. The van der Waals surface area contributed by atoms with E-state index in [-0.39, 0.29) is 0 Å². The Balaban J connectivity index is 3.09. The van der Waals surface area contributed by atoms with E-state index in [4.69, 9.17) is 16.3 Å². The Labute approximate surface area is 108 Å². The first-order chi connectivity index (χ1) is 7.76. The summed E-state index contributed by atoms with van der Waals surface area (Å²) in [6.45, 7) is 7.81. The smallest absolute Gasteiger partial charge is 0.142 e. The van der Waals surface area contributed by atoms with Crippen LogP contribution in [0.4, 0.5) is 5.69 Å². The van der Waals surface area contributed by atoms with Crippen molar-refractivity contribution in [2.75, 3.05) is 19.0 Å². The molecule has 3 nitrogen and oxygen atoms in total. The van der Waals surface area contributed by atoms with E-state index >= 15 is 0 Å². The standard InChI is InChI=1S/C13H20ClNO2/c1-8-6-10(17-5)12(9(2)11(8)14)15-7-13(3,4)16/h6,15-16H,7H2,1-5H3. The molecule has 2 N–H and O–H groups in total. The summed E-state index contributed by atoms with van der Waals surface area (Å²) in [7, 11) is 1.62. The molecule has 0 fully saturated rings. The zero-order valence-electron chi connectivity index (χ0n) is 11.0. The Morgan fingerprint density at radius 3 is 2.47 bits per heavy atom. The molecule has 0 heterocycles. The number of aliphatic hydroxyl groups is 1. The van der Waals surface area contributed by atoms with E-state index in [1.165, 1.54) is 0 Å². The number of rotatable bonds is 4. The average Bonchev–Trinajstić information content (AvgIpc) is 2.22. The maximum Gasteiger partial charge on any atom is 0.142 e. The van der Waals surface area contributed by atoms with Gasteiger partial charge in [-0.1, -0.05) is 11.6 Å². The number of nitrogens with one attached hydrogen (secondary N) is 1. The highest BCUT2D eigenvalue weighted by atomic mass is 35.5. The quantitative estimate of drug-likeness (QED) is 0.871. The van der Waals surface area contributed by atoms with E-state index in [1.807, 2.05) is 19.9 Å². The predicted octanol–water partition coefficient (Wildman–Crippen LogP) is 3.15. The zero-order chi connectivity index (χ0) is 13.2. The molecule has 1 aromatic carbocycles. The van der Waals surface area contributed by atoms with Crippen molar-refractivity contribution in [1.29, 1.82) is 0 Å². The van der Waals surface area contributed by atoms with E-state index < -0.39 is 5.60 Å². The van der Waals surface area contributed by atoms with Crippen molar-refractivity contribution in [2.24, 2.45) is 0 Å². The highest BCUT2D eigenvalue weighted by molar-refractivity contribution is 6.32. The van der Waals surface area contributed by atoms with Crippen LogP contribution >= 0.6 is 11.6 Å². The lowest BCUT2D eigenvalue weighted by atomic mass is 10.1. The largest absolute Gasteiger partial charge is 0.495 e. The molecule has 0 radical (unpaired) electrons. The third-order valence-corrected chi connectivity index (χ3v) is 3.14. The molecule has 17 heavy (non-hydrogen) atoms. The van der Waals surface area contributed by atoms with Crippen LogP contribution in [0.2, 0.25) is 5.02 Å². The number of anilines is 1. The van der Waals surface area contributed by atoms with Crippen LogP contribution in [0.15, 0.2) is 6.07 Å². The van der Waals surface area contributed by atoms with Crippen molar-refractivity contribution in [3.8, 4) is 5.75 Å². The van der Waals surface area contributed by atoms with E-state index in [2.05, 4.69) is 5.32 Å². The second-order valence-electron chi connectivity index (χ2n) is 4.88. The molecule has 0 saturated heterocycles. The van der Waals surface area contributed by atoms with E-state index in [0.29, 0.717) is 6.54 Å². The van der Waals surface area contributed by atoms with E-state index in [0.717, 1.165) is 27.6 Å². The molecule has 0 unspecified atom stereocenters. The molecule has 1 rings (SSSR count). The fraction of sp³-hybridized carbons (Fsp3) is 0.538.